The fourth-order valence-electron chi connectivity index (χ4n) is 6.53. The summed E-state index contributed by atoms with van der Waals surface area (Å²) in [5, 5.41) is 26.1. The second kappa shape index (κ2) is 13.1. The third-order valence-electron chi connectivity index (χ3n) is 8.65. The normalized spacial score (nSPS) is 23.6. The summed E-state index contributed by atoms with van der Waals surface area (Å²) < 4.78 is 1.95. The molecule has 8 nitrogen and oxygen atoms in total. The van der Waals surface area contributed by atoms with E-state index in [9.17, 15) is 10.2 Å². The third-order valence-corrected chi connectivity index (χ3v) is 9.74. The minimum Gasteiger partial charge on any atom is -0.390 e. The van der Waals surface area contributed by atoms with Gasteiger partial charge in [0.1, 0.15) is 22.6 Å². The van der Waals surface area contributed by atoms with E-state index >= 15 is 0 Å². The van der Waals surface area contributed by atoms with Crippen LogP contribution >= 0.6 is 47.8 Å². The van der Waals surface area contributed by atoms with Crippen molar-refractivity contribution in [2.45, 2.75) is 63.8 Å². The van der Waals surface area contributed by atoms with Crippen molar-refractivity contribution in [1.82, 2.24) is 24.4 Å². The van der Waals surface area contributed by atoms with Gasteiger partial charge in [0, 0.05) is 29.6 Å². The van der Waals surface area contributed by atoms with Gasteiger partial charge in [-0.05, 0) is 75.2 Å². The van der Waals surface area contributed by atoms with Crippen LogP contribution < -0.4 is 5.73 Å². The molecule has 1 saturated heterocycles. The van der Waals surface area contributed by atoms with Crippen LogP contribution in [-0.4, -0.2) is 66.0 Å². The van der Waals surface area contributed by atoms with Crippen molar-refractivity contribution in [2.24, 2.45) is 11.8 Å². The first-order valence-electron chi connectivity index (χ1n) is 13.7. The zero-order chi connectivity index (χ0) is 27.3. The van der Waals surface area contributed by atoms with E-state index in [2.05, 4.69) is 46.2 Å². The molecule has 222 valence electrons. The van der Waals surface area contributed by atoms with Crippen LogP contribution in [0.5, 0.6) is 0 Å². The molecule has 41 heavy (non-hydrogen) atoms. The molecule has 0 radical (unpaired) electrons. The van der Waals surface area contributed by atoms with Crippen molar-refractivity contribution in [1.29, 1.82) is 0 Å². The molecule has 2 fully saturated rings. The third kappa shape index (κ3) is 6.22. The van der Waals surface area contributed by atoms with Crippen LogP contribution in [0.4, 0.5) is 5.82 Å². The Morgan fingerprint density at radius 1 is 1.05 bits per heavy atom. The second-order valence-electron chi connectivity index (χ2n) is 11.2. The van der Waals surface area contributed by atoms with Gasteiger partial charge in [0.25, 0.3) is 0 Å². The maximum absolute atomic E-state index is 11.3. The predicted octanol–water partition coefficient (Wildman–Crippen LogP) is 5.63. The monoisotopic (exact) mass is 638 g/mol. The maximum atomic E-state index is 11.3. The summed E-state index contributed by atoms with van der Waals surface area (Å²) in [4.78, 5) is 16.2. The number of aliphatic hydroxyl groups is 2. The number of fused-ring (bicyclic) bond motifs is 1. The Balaban J connectivity index is 0.00000194. The molecule has 0 spiro atoms. The highest BCUT2D eigenvalue weighted by atomic mass is 35.5. The summed E-state index contributed by atoms with van der Waals surface area (Å²) in [6.45, 7) is 6.51. The van der Waals surface area contributed by atoms with Gasteiger partial charge in [0.2, 0.25) is 5.28 Å². The molecule has 6 rings (SSSR count). The van der Waals surface area contributed by atoms with E-state index in [-0.39, 0.29) is 47.9 Å². The first-order valence-corrected chi connectivity index (χ1v) is 15.0. The number of nitrogens with zero attached hydrogens (tertiary/aromatic N) is 5. The van der Waals surface area contributed by atoms with Gasteiger partial charge >= 0.3 is 0 Å². The van der Waals surface area contributed by atoms with Crippen LogP contribution in [0, 0.1) is 11.8 Å². The smallest absolute Gasteiger partial charge is 0.226 e. The Morgan fingerprint density at radius 2 is 1.76 bits per heavy atom. The summed E-state index contributed by atoms with van der Waals surface area (Å²) in [6, 6.07) is 10.4. The number of anilines is 1. The van der Waals surface area contributed by atoms with Crippen molar-refractivity contribution in [3.63, 3.8) is 0 Å². The number of likely N-dealkylation sites (tertiary alicyclic amines) is 1. The summed E-state index contributed by atoms with van der Waals surface area (Å²) in [5.41, 5.74) is 9.94. The van der Waals surface area contributed by atoms with E-state index in [0.717, 1.165) is 48.6 Å². The minimum absolute atomic E-state index is 0. The lowest BCUT2D eigenvalue weighted by Gasteiger charge is -2.37. The van der Waals surface area contributed by atoms with Gasteiger partial charge in [0.15, 0.2) is 0 Å². The Morgan fingerprint density at radius 3 is 2.44 bits per heavy atom. The molecule has 0 bridgehead atoms. The van der Waals surface area contributed by atoms with E-state index in [4.69, 9.17) is 22.3 Å². The molecule has 4 atom stereocenters. The molecule has 2 aliphatic rings. The largest absolute Gasteiger partial charge is 0.390 e. The van der Waals surface area contributed by atoms with Gasteiger partial charge in [-0.1, -0.05) is 30.3 Å². The number of piperidine rings is 1. The van der Waals surface area contributed by atoms with Gasteiger partial charge in [-0.2, -0.15) is 4.98 Å². The number of aromatic nitrogens is 4. The quantitative estimate of drug-likeness (QED) is 0.235. The summed E-state index contributed by atoms with van der Waals surface area (Å²) in [6.07, 6.45) is 3.71. The lowest BCUT2D eigenvalue weighted by atomic mass is 9.81. The van der Waals surface area contributed by atoms with E-state index in [1.165, 1.54) is 5.56 Å². The summed E-state index contributed by atoms with van der Waals surface area (Å²) >= 11 is 7.81. The molecule has 1 aliphatic carbocycles. The molecule has 12 heteroatoms. The van der Waals surface area contributed by atoms with Crippen molar-refractivity contribution >= 4 is 64.6 Å². The highest BCUT2D eigenvalue weighted by molar-refractivity contribution is 7.13. The molecular formula is C29H37Cl3N6O2S. The fraction of sp³-hybridized carbons (Fsp3) is 0.483. The van der Waals surface area contributed by atoms with Crippen molar-refractivity contribution < 1.29 is 10.2 Å². The van der Waals surface area contributed by atoms with Crippen LogP contribution in [0.3, 0.4) is 0 Å². The van der Waals surface area contributed by atoms with Gasteiger partial charge < -0.3 is 25.4 Å². The van der Waals surface area contributed by atoms with Crippen molar-refractivity contribution in [2.75, 3.05) is 18.8 Å². The highest BCUT2D eigenvalue weighted by Gasteiger charge is 2.46. The molecule has 1 saturated carbocycles. The van der Waals surface area contributed by atoms with Crippen LogP contribution in [0.2, 0.25) is 5.28 Å². The zero-order valence-corrected chi connectivity index (χ0v) is 26.3. The molecule has 4 N–H and O–H groups in total. The zero-order valence-electron chi connectivity index (χ0n) is 23.1. The Kier molecular flexibility index (Phi) is 10.2. The standard InChI is InChI=1S/C29H35ClN6O2S.2ClH/c1-16(2)35-10-8-18(9-11-35)20-13-22(25(38)24(20)37)36-14-21(23-26(31)33-29(30)34-27(23)36)28-32-19(15-39-28)12-17-6-4-3-5-7-17;;/h3-7,14-16,18,20,22,24-25,37-38H,8-13H2,1-2H3,(H2,31,33,34);2*1H/t20-,22-,24-,25+;;/m1../s1. The number of halogens is 3. The Labute approximate surface area is 261 Å². The predicted molar refractivity (Wildman–Crippen MR) is 170 cm³/mol. The average molecular weight is 640 g/mol. The van der Waals surface area contributed by atoms with Crippen LogP contribution in [0.1, 0.15) is 50.4 Å². The van der Waals surface area contributed by atoms with Crippen molar-refractivity contribution in [3.8, 4) is 10.6 Å². The molecule has 4 aromatic rings. The number of nitrogens with two attached hydrogens (primary N) is 1. The molecule has 3 aromatic heterocycles. The van der Waals surface area contributed by atoms with Crippen LogP contribution in [-0.2, 0) is 6.42 Å². The number of hydrogen-bond acceptors (Lipinski definition) is 8. The van der Waals surface area contributed by atoms with Crippen molar-refractivity contribution in [3.05, 3.63) is 58.4 Å². The summed E-state index contributed by atoms with van der Waals surface area (Å²) in [5.74, 6) is 0.676. The van der Waals surface area contributed by atoms with E-state index in [0.29, 0.717) is 29.4 Å². The van der Waals surface area contributed by atoms with Gasteiger partial charge in [-0.15, -0.1) is 36.2 Å². The fourth-order valence-corrected chi connectivity index (χ4v) is 7.54. The Hall–Kier alpha value is -1.98. The Bertz CT molecular complexity index is 1460. The highest BCUT2D eigenvalue weighted by Crippen LogP contribution is 2.46. The number of hydrogen-bond donors (Lipinski definition) is 3. The molecular weight excluding hydrogens is 603 g/mol. The lowest BCUT2D eigenvalue weighted by molar-refractivity contribution is -0.0135. The second-order valence-corrected chi connectivity index (χ2v) is 12.4. The number of nitrogen functional groups attached to an aromatic ring is 1. The van der Waals surface area contributed by atoms with E-state index in [1.54, 1.807) is 11.3 Å². The van der Waals surface area contributed by atoms with Gasteiger partial charge in [0.05, 0.1) is 23.2 Å². The average Bonchev–Trinajstić information content (AvgIpc) is 3.61. The first kappa shape index (κ1) is 31.9. The molecule has 1 aliphatic heterocycles. The molecule has 0 unspecified atom stereocenters. The lowest BCUT2D eigenvalue weighted by Crippen LogP contribution is -2.42. The maximum Gasteiger partial charge on any atom is 0.226 e. The number of thiazole rings is 1. The van der Waals surface area contributed by atoms with Gasteiger partial charge in [-0.25, -0.2) is 9.97 Å². The van der Waals surface area contributed by atoms with E-state index in [1.807, 2.05) is 29.0 Å². The molecule has 4 heterocycles. The number of benzene rings is 1. The van der Waals surface area contributed by atoms with Gasteiger partial charge in [-0.3, -0.25) is 0 Å². The van der Waals surface area contributed by atoms with E-state index < -0.39 is 12.2 Å². The topological polar surface area (TPSA) is 113 Å². The molecule has 0 amide bonds. The summed E-state index contributed by atoms with van der Waals surface area (Å²) in [7, 11) is 0. The van der Waals surface area contributed by atoms with Crippen LogP contribution in [0.15, 0.2) is 41.9 Å². The number of aliphatic hydroxyl groups excluding tert-OH is 2. The first-order chi connectivity index (χ1) is 18.8. The SMILES string of the molecule is CC(C)N1CCC([C@H]2C[C@@H](n3cc(-c4nc(Cc5ccccc5)cs4)c4c(N)nc(Cl)nc43)[C@H](O)[C@@H]2O)CC1.Cl.Cl. The van der Waals surface area contributed by atoms with Crippen LogP contribution in [0.25, 0.3) is 21.6 Å². The number of rotatable bonds is 6. The molecule has 1 aromatic carbocycles. The minimum atomic E-state index is -0.915.